The van der Waals surface area contributed by atoms with Crippen LogP contribution in [0.15, 0.2) is 18.2 Å². The molecule has 0 spiro atoms. The highest BCUT2D eigenvalue weighted by Gasteiger charge is 2.36. The molecule has 8 heteroatoms. The first kappa shape index (κ1) is 15.9. The van der Waals surface area contributed by atoms with Gasteiger partial charge in [-0.3, -0.25) is 14.4 Å². The van der Waals surface area contributed by atoms with E-state index in [9.17, 15) is 23.2 Å². The second kappa shape index (κ2) is 6.50. The molecule has 1 unspecified atom stereocenters. The zero-order chi connectivity index (χ0) is 16.3. The summed E-state index contributed by atoms with van der Waals surface area (Å²) in [6, 6.07) is 2.85. The van der Waals surface area contributed by atoms with Crippen LogP contribution in [0.25, 0.3) is 0 Å². The number of nitrogens with one attached hydrogen (secondary N) is 1. The van der Waals surface area contributed by atoms with Crippen molar-refractivity contribution in [1.29, 1.82) is 0 Å². The molecule has 1 aromatic rings. The van der Waals surface area contributed by atoms with Crippen LogP contribution in [0.4, 0.5) is 14.5 Å². The second-order valence-electron chi connectivity index (χ2n) is 4.94. The number of nitrogens with zero attached hydrogens (tertiary/aromatic N) is 1. The first-order valence-corrected chi connectivity index (χ1v) is 6.63. The fraction of sp³-hybridized carbons (Fsp3) is 0.357. The molecule has 2 N–H and O–H groups in total. The molecule has 22 heavy (non-hydrogen) atoms. The minimum Gasteiger partial charge on any atom is -0.481 e. The summed E-state index contributed by atoms with van der Waals surface area (Å²) in [6.45, 7) is -0.0654. The van der Waals surface area contributed by atoms with E-state index in [1.807, 2.05) is 0 Å². The van der Waals surface area contributed by atoms with Crippen LogP contribution in [0.2, 0.25) is 0 Å². The molecule has 0 aromatic heterocycles. The van der Waals surface area contributed by atoms with Gasteiger partial charge in [0.15, 0.2) is 0 Å². The Morgan fingerprint density at radius 2 is 2.09 bits per heavy atom. The van der Waals surface area contributed by atoms with Crippen LogP contribution in [0.3, 0.4) is 0 Å². The molecule has 1 saturated heterocycles. The molecule has 1 fully saturated rings. The van der Waals surface area contributed by atoms with Gasteiger partial charge in [-0.2, -0.15) is 0 Å². The quantitative estimate of drug-likeness (QED) is 0.846. The van der Waals surface area contributed by atoms with Gasteiger partial charge in [0.25, 0.3) is 0 Å². The lowest BCUT2D eigenvalue weighted by atomic mass is 10.1. The lowest BCUT2D eigenvalue weighted by Crippen LogP contribution is -2.34. The first-order valence-electron chi connectivity index (χ1n) is 6.63. The molecular formula is C14H14F2N2O4. The van der Waals surface area contributed by atoms with E-state index in [4.69, 9.17) is 5.11 Å². The number of halogens is 2. The molecule has 0 bridgehead atoms. The van der Waals surface area contributed by atoms with Gasteiger partial charge in [0.05, 0.1) is 18.0 Å². The van der Waals surface area contributed by atoms with Crippen LogP contribution in [-0.2, 0) is 14.4 Å². The third kappa shape index (κ3) is 3.57. The molecule has 2 rings (SSSR count). The standard InChI is InChI=1S/C14H14F2N2O4/c15-9-1-2-11(10(16)6-9)18-7-8(5-12(18)19)14(22)17-4-3-13(20)21/h1-2,6,8H,3-5,7H2,(H,17,22)(H,20,21). The molecular weight excluding hydrogens is 298 g/mol. The van der Waals surface area contributed by atoms with Crippen LogP contribution in [0, 0.1) is 17.6 Å². The van der Waals surface area contributed by atoms with Crippen molar-refractivity contribution in [3.05, 3.63) is 29.8 Å². The molecule has 1 atom stereocenters. The number of hydrogen-bond donors (Lipinski definition) is 2. The maximum Gasteiger partial charge on any atom is 0.305 e. The zero-order valence-electron chi connectivity index (χ0n) is 11.5. The molecule has 1 heterocycles. The van der Waals surface area contributed by atoms with E-state index in [0.717, 1.165) is 17.0 Å². The van der Waals surface area contributed by atoms with E-state index >= 15 is 0 Å². The van der Waals surface area contributed by atoms with Crippen molar-refractivity contribution in [3.8, 4) is 0 Å². The van der Waals surface area contributed by atoms with E-state index in [2.05, 4.69) is 5.32 Å². The van der Waals surface area contributed by atoms with Crippen LogP contribution in [-0.4, -0.2) is 36.0 Å². The topological polar surface area (TPSA) is 86.7 Å². The second-order valence-corrected chi connectivity index (χ2v) is 4.94. The Bertz CT molecular complexity index is 621. The minimum atomic E-state index is -1.04. The van der Waals surface area contributed by atoms with E-state index in [1.54, 1.807) is 0 Å². The van der Waals surface area contributed by atoms with E-state index < -0.39 is 35.3 Å². The average Bonchev–Trinajstić information content (AvgIpc) is 2.80. The van der Waals surface area contributed by atoms with E-state index in [-0.39, 0.29) is 31.6 Å². The van der Waals surface area contributed by atoms with Gasteiger partial charge < -0.3 is 15.3 Å². The summed E-state index contributed by atoms with van der Waals surface area (Å²) in [6.07, 6.45) is -0.321. The summed E-state index contributed by atoms with van der Waals surface area (Å²) in [4.78, 5) is 35.2. The summed E-state index contributed by atoms with van der Waals surface area (Å²) in [5, 5.41) is 10.9. The monoisotopic (exact) mass is 312 g/mol. The highest BCUT2D eigenvalue weighted by atomic mass is 19.1. The smallest absolute Gasteiger partial charge is 0.305 e. The summed E-state index contributed by atoms with van der Waals surface area (Å²) >= 11 is 0. The summed E-state index contributed by atoms with van der Waals surface area (Å²) in [5.41, 5.74) is -0.0766. The number of rotatable bonds is 5. The number of hydrogen-bond acceptors (Lipinski definition) is 3. The molecule has 0 radical (unpaired) electrons. The Morgan fingerprint density at radius 1 is 1.36 bits per heavy atom. The molecule has 2 amide bonds. The predicted molar refractivity (Wildman–Crippen MR) is 72.1 cm³/mol. The number of anilines is 1. The Hall–Kier alpha value is -2.51. The number of carboxylic acids is 1. The summed E-state index contributed by atoms with van der Waals surface area (Å²) < 4.78 is 26.6. The molecule has 6 nitrogen and oxygen atoms in total. The van der Waals surface area contributed by atoms with Crippen molar-refractivity contribution in [2.45, 2.75) is 12.8 Å². The summed E-state index contributed by atoms with van der Waals surface area (Å²) in [5.74, 6) is -4.26. The predicted octanol–water partition coefficient (Wildman–Crippen LogP) is 0.909. The Morgan fingerprint density at radius 3 is 2.73 bits per heavy atom. The van der Waals surface area contributed by atoms with Crippen molar-refractivity contribution in [2.75, 3.05) is 18.0 Å². The molecule has 1 aliphatic rings. The first-order chi connectivity index (χ1) is 10.4. The number of carbonyl (C=O) groups excluding carboxylic acids is 2. The van der Waals surface area contributed by atoms with Crippen molar-refractivity contribution in [2.24, 2.45) is 5.92 Å². The van der Waals surface area contributed by atoms with Gasteiger partial charge in [-0.15, -0.1) is 0 Å². The van der Waals surface area contributed by atoms with Gasteiger partial charge in [-0.05, 0) is 12.1 Å². The Labute approximate surface area is 124 Å². The summed E-state index contributed by atoms with van der Waals surface area (Å²) in [7, 11) is 0. The molecule has 0 aliphatic carbocycles. The number of amides is 2. The molecule has 1 aromatic carbocycles. The fourth-order valence-corrected chi connectivity index (χ4v) is 2.25. The number of aliphatic carboxylic acids is 1. The third-order valence-corrected chi connectivity index (χ3v) is 3.33. The lowest BCUT2D eigenvalue weighted by Gasteiger charge is -2.17. The van der Waals surface area contributed by atoms with Crippen LogP contribution >= 0.6 is 0 Å². The van der Waals surface area contributed by atoms with Crippen molar-refractivity contribution in [1.82, 2.24) is 5.32 Å². The highest BCUT2D eigenvalue weighted by molar-refractivity contribution is 6.00. The average molecular weight is 312 g/mol. The normalized spacial score (nSPS) is 17.6. The maximum atomic E-state index is 13.7. The van der Waals surface area contributed by atoms with Gasteiger partial charge in [-0.25, -0.2) is 8.78 Å². The van der Waals surface area contributed by atoms with Gasteiger partial charge >= 0.3 is 5.97 Å². The SMILES string of the molecule is O=C(O)CCNC(=O)C1CC(=O)N(c2ccc(F)cc2F)C1. The molecule has 118 valence electrons. The van der Waals surface area contributed by atoms with Crippen LogP contribution < -0.4 is 10.2 Å². The van der Waals surface area contributed by atoms with Gasteiger partial charge in [0.2, 0.25) is 11.8 Å². The molecule has 1 aliphatic heterocycles. The Balaban J connectivity index is 2.01. The van der Waals surface area contributed by atoms with Crippen LogP contribution in [0.5, 0.6) is 0 Å². The van der Waals surface area contributed by atoms with E-state index in [0.29, 0.717) is 6.07 Å². The van der Waals surface area contributed by atoms with Crippen molar-refractivity contribution < 1.29 is 28.3 Å². The van der Waals surface area contributed by atoms with Crippen molar-refractivity contribution in [3.63, 3.8) is 0 Å². The number of benzene rings is 1. The van der Waals surface area contributed by atoms with Crippen LogP contribution in [0.1, 0.15) is 12.8 Å². The largest absolute Gasteiger partial charge is 0.481 e. The molecule has 0 saturated carbocycles. The fourth-order valence-electron chi connectivity index (χ4n) is 2.25. The lowest BCUT2D eigenvalue weighted by molar-refractivity contribution is -0.137. The third-order valence-electron chi connectivity index (χ3n) is 3.33. The maximum absolute atomic E-state index is 13.7. The van der Waals surface area contributed by atoms with Crippen molar-refractivity contribution >= 4 is 23.5 Å². The van der Waals surface area contributed by atoms with E-state index in [1.165, 1.54) is 0 Å². The number of carbonyl (C=O) groups is 3. The Kier molecular flexibility index (Phi) is 4.69. The van der Waals surface area contributed by atoms with Gasteiger partial charge in [-0.1, -0.05) is 0 Å². The highest BCUT2D eigenvalue weighted by Crippen LogP contribution is 2.27. The zero-order valence-corrected chi connectivity index (χ0v) is 11.5. The van der Waals surface area contributed by atoms with Gasteiger partial charge in [0.1, 0.15) is 11.6 Å². The van der Waals surface area contributed by atoms with Gasteiger partial charge in [0, 0.05) is 25.6 Å². The minimum absolute atomic E-state index is 0.0275. The number of carboxylic acid groups (broad SMARTS) is 1.